The topological polar surface area (TPSA) is 54.0 Å². The summed E-state index contributed by atoms with van der Waals surface area (Å²) >= 11 is 0. The molecule has 3 atom stereocenters. The van der Waals surface area contributed by atoms with Crippen molar-refractivity contribution in [1.82, 2.24) is 0 Å². The Bertz CT molecular complexity index is 990. The van der Waals surface area contributed by atoms with Gasteiger partial charge >= 0.3 is 5.97 Å². The summed E-state index contributed by atoms with van der Waals surface area (Å²) in [6.45, 7) is 0. The normalized spacial score (nSPS) is 25.4. The summed E-state index contributed by atoms with van der Waals surface area (Å²) in [6, 6.07) is 8.23. The van der Waals surface area contributed by atoms with Gasteiger partial charge in [0.1, 0.15) is 23.7 Å². The number of benzene rings is 2. The van der Waals surface area contributed by atoms with E-state index >= 15 is 0 Å². The highest BCUT2D eigenvalue weighted by molar-refractivity contribution is 5.95. The van der Waals surface area contributed by atoms with Gasteiger partial charge in [-0.1, -0.05) is 0 Å². The van der Waals surface area contributed by atoms with Gasteiger partial charge in [0, 0.05) is 10.8 Å². The molecule has 140 valence electrons. The second-order valence-corrected chi connectivity index (χ2v) is 7.41. The molecule has 2 aromatic carbocycles. The van der Waals surface area contributed by atoms with Gasteiger partial charge in [-0.05, 0) is 65.8 Å². The van der Waals surface area contributed by atoms with Crippen LogP contribution in [0.15, 0.2) is 35.4 Å². The molecule has 0 radical (unpaired) electrons. The first-order valence-corrected chi connectivity index (χ1v) is 9.30. The first kappa shape index (κ1) is 16.6. The van der Waals surface area contributed by atoms with Gasteiger partial charge in [-0.3, -0.25) is 4.79 Å². The third-order valence-electron chi connectivity index (χ3n) is 6.23. The maximum atomic E-state index is 12.0. The van der Waals surface area contributed by atoms with E-state index < -0.39 is 0 Å². The number of ether oxygens (including phenoxy) is 4. The zero-order valence-electron chi connectivity index (χ0n) is 15.7. The number of hydrogen-bond donors (Lipinski definition) is 0. The minimum atomic E-state index is -0.116. The molecule has 2 heterocycles. The molecule has 5 heteroatoms. The highest BCUT2D eigenvalue weighted by atomic mass is 16.5. The number of carbonyl (C=O) groups excluding carboxylic acids is 1. The van der Waals surface area contributed by atoms with Crippen LogP contribution in [0, 0.1) is 5.92 Å². The first-order valence-electron chi connectivity index (χ1n) is 9.30. The average Bonchev–Trinajstić information content (AvgIpc) is 3.27. The summed E-state index contributed by atoms with van der Waals surface area (Å²) in [4.78, 5) is 12.0. The molecule has 2 aromatic rings. The van der Waals surface area contributed by atoms with Crippen LogP contribution in [0.1, 0.15) is 42.6 Å². The van der Waals surface area contributed by atoms with Crippen LogP contribution in [0.2, 0.25) is 0 Å². The van der Waals surface area contributed by atoms with Gasteiger partial charge in [0.15, 0.2) is 0 Å². The van der Waals surface area contributed by atoms with E-state index in [9.17, 15) is 4.79 Å². The number of hydrogen-bond acceptors (Lipinski definition) is 5. The number of esters is 1. The van der Waals surface area contributed by atoms with Crippen molar-refractivity contribution >= 4 is 16.7 Å². The Hall–Kier alpha value is -2.53. The Labute approximate surface area is 157 Å². The van der Waals surface area contributed by atoms with Crippen molar-refractivity contribution in [3.8, 4) is 11.5 Å². The fourth-order valence-corrected chi connectivity index (χ4v) is 4.94. The van der Waals surface area contributed by atoms with Gasteiger partial charge in [0.2, 0.25) is 0 Å². The van der Waals surface area contributed by atoms with Gasteiger partial charge in [0.25, 0.3) is 0 Å². The number of fused-ring (bicyclic) bond motifs is 8. The Morgan fingerprint density at radius 1 is 0.963 bits per heavy atom. The van der Waals surface area contributed by atoms with E-state index in [2.05, 4.69) is 12.1 Å². The van der Waals surface area contributed by atoms with Gasteiger partial charge in [-0.15, -0.1) is 0 Å². The summed E-state index contributed by atoms with van der Waals surface area (Å²) in [5.41, 5.74) is 5.03. The van der Waals surface area contributed by atoms with E-state index in [1.165, 1.54) is 29.4 Å². The second-order valence-electron chi connectivity index (χ2n) is 7.41. The molecule has 3 unspecified atom stereocenters. The smallest absolute Gasteiger partial charge is 0.308 e. The van der Waals surface area contributed by atoms with E-state index in [1.807, 2.05) is 12.1 Å². The standard InChI is InChI=1S/C22H22O5/c1-24-18-6-7-19(25-2)14-10-17-16(9-13(14)18)20-12-5-4-11(22(23)26-3)8-15(12)21(17)27-20/h6-7,9-11,20-21H,4-5,8H2,1-3H3. The second kappa shape index (κ2) is 5.99. The highest BCUT2D eigenvalue weighted by Gasteiger charge is 2.47. The van der Waals surface area contributed by atoms with E-state index in [1.54, 1.807) is 14.2 Å². The summed E-state index contributed by atoms with van der Waals surface area (Å²) in [5, 5.41) is 2.06. The van der Waals surface area contributed by atoms with Crippen LogP contribution in [-0.4, -0.2) is 27.3 Å². The molecule has 0 N–H and O–H groups in total. The van der Waals surface area contributed by atoms with Crippen molar-refractivity contribution in [1.29, 1.82) is 0 Å². The molecule has 2 aliphatic heterocycles. The SMILES string of the molecule is COC(=O)C1CCC2=C(C1)C1OC2c2cc3c(OC)ccc(OC)c3cc21. The van der Waals surface area contributed by atoms with Crippen LogP contribution in [0.4, 0.5) is 0 Å². The molecule has 0 saturated carbocycles. The molecular weight excluding hydrogens is 344 g/mol. The molecule has 0 amide bonds. The molecule has 3 aliphatic rings. The van der Waals surface area contributed by atoms with Gasteiger partial charge < -0.3 is 18.9 Å². The Balaban J connectivity index is 1.62. The fraction of sp³-hybridized carbons (Fsp3) is 0.409. The first-order chi connectivity index (χ1) is 13.2. The predicted octanol–water partition coefficient (Wildman–Crippen LogP) is 4.25. The van der Waals surface area contributed by atoms with E-state index in [4.69, 9.17) is 18.9 Å². The van der Waals surface area contributed by atoms with E-state index in [0.29, 0.717) is 0 Å². The Morgan fingerprint density at radius 3 is 2.11 bits per heavy atom. The molecule has 2 bridgehead atoms. The average molecular weight is 366 g/mol. The Morgan fingerprint density at radius 2 is 1.56 bits per heavy atom. The number of methoxy groups -OCH3 is 3. The summed E-state index contributed by atoms with van der Waals surface area (Å²) in [7, 11) is 4.83. The third kappa shape index (κ3) is 2.24. The van der Waals surface area contributed by atoms with Crippen LogP contribution in [0.3, 0.4) is 0 Å². The van der Waals surface area contributed by atoms with Gasteiger partial charge in [-0.2, -0.15) is 0 Å². The van der Waals surface area contributed by atoms with Crippen LogP contribution < -0.4 is 9.47 Å². The lowest BCUT2D eigenvalue weighted by Gasteiger charge is -2.28. The zero-order valence-corrected chi connectivity index (χ0v) is 15.7. The minimum Gasteiger partial charge on any atom is -0.496 e. The minimum absolute atomic E-state index is 0.00101. The predicted molar refractivity (Wildman–Crippen MR) is 100 cm³/mol. The van der Waals surface area contributed by atoms with E-state index in [-0.39, 0.29) is 24.1 Å². The quantitative estimate of drug-likeness (QED) is 0.600. The molecule has 0 aromatic heterocycles. The highest BCUT2D eigenvalue weighted by Crippen LogP contribution is 2.59. The van der Waals surface area contributed by atoms with Crippen LogP contribution in [-0.2, 0) is 14.3 Å². The molecule has 5 rings (SSSR count). The van der Waals surface area contributed by atoms with Crippen molar-refractivity contribution in [3.05, 3.63) is 46.5 Å². The molecule has 0 spiro atoms. The summed E-state index contributed by atoms with van der Waals surface area (Å²) in [6.07, 6.45) is 2.39. The van der Waals surface area contributed by atoms with Gasteiger partial charge in [-0.25, -0.2) is 0 Å². The largest absolute Gasteiger partial charge is 0.496 e. The van der Waals surface area contributed by atoms with Crippen LogP contribution >= 0.6 is 0 Å². The molecular formula is C22H22O5. The van der Waals surface area contributed by atoms with Crippen molar-refractivity contribution in [3.63, 3.8) is 0 Å². The summed E-state index contributed by atoms with van der Waals surface area (Å²) in [5.74, 6) is 1.48. The third-order valence-corrected chi connectivity index (χ3v) is 6.23. The van der Waals surface area contributed by atoms with E-state index in [0.717, 1.165) is 41.5 Å². The lowest BCUT2D eigenvalue weighted by Crippen LogP contribution is -2.22. The maximum absolute atomic E-state index is 12.0. The summed E-state index contributed by atoms with van der Waals surface area (Å²) < 4.78 is 22.5. The van der Waals surface area contributed by atoms with Crippen molar-refractivity contribution in [2.45, 2.75) is 31.5 Å². The molecule has 1 aliphatic carbocycles. The zero-order chi connectivity index (χ0) is 18.7. The lowest BCUT2D eigenvalue weighted by atomic mass is 9.75. The lowest BCUT2D eigenvalue weighted by molar-refractivity contribution is -0.145. The maximum Gasteiger partial charge on any atom is 0.308 e. The van der Waals surface area contributed by atoms with Crippen LogP contribution in [0.25, 0.3) is 10.8 Å². The van der Waals surface area contributed by atoms with Crippen molar-refractivity contribution in [2.75, 3.05) is 21.3 Å². The van der Waals surface area contributed by atoms with Crippen LogP contribution in [0.5, 0.6) is 11.5 Å². The molecule has 0 saturated heterocycles. The van der Waals surface area contributed by atoms with Gasteiger partial charge in [0.05, 0.1) is 27.2 Å². The molecule has 5 nitrogen and oxygen atoms in total. The molecule has 0 fully saturated rings. The van der Waals surface area contributed by atoms with Crippen molar-refractivity contribution < 1.29 is 23.7 Å². The molecule has 27 heavy (non-hydrogen) atoms. The van der Waals surface area contributed by atoms with Crippen molar-refractivity contribution in [2.24, 2.45) is 5.92 Å². The number of carbonyl (C=O) groups is 1. The Kier molecular flexibility index (Phi) is 3.69. The fourth-order valence-electron chi connectivity index (χ4n) is 4.94. The monoisotopic (exact) mass is 366 g/mol. The number of rotatable bonds is 3.